The lowest BCUT2D eigenvalue weighted by molar-refractivity contribution is -0.128. The molecule has 2 aliphatic rings. The summed E-state index contributed by atoms with van der Waals surface area (Å²) in [6, 6.07) is 4.36. The molecule has 1 aromatic carbocycles. The van der Waals surface area contributed by atoms with Gasteiger partial charge in [0.1, 0.15) is 11.6 Å². The van der Waals surface area contributed by atoms with Crippen molar-refractivity contribution in [3.05, 3.63) is 29.6 Å². The molecule has 3 rings (SSSR count). The summed E-state index contributed by atoms with van der Waals surface area (Å²) >= 11 is 0. The molecule has 1 unspecified atom stereocenters. The van der Waals surface area contributed by atoms with Gasteiger partial charge in [0.2, 0.25) is 5.91 Å². The average molecular weight is 249 g/mol. The standard InChI is InChI=1S/C14H16FNO2/c15-10-4-5-13-11(8-10)12(6-7-18-13)16-14(17)9-2-1-3-9/h4-5,8-9,12H,1-3,6-7H2,(H,16,17). The molecule has 3 nitrogen and oxygen atoms in total. The van der Waals surface area contributed by atoms with Gasteiger partial charge in [-0.3, -0.25) is 4.79 Å². The second-order valence-corrected chi connectivity index (χ2v) is 5.01. The minimum atomic E-state index is -0.290. The molecular formula is C14H16FNO2. The fourth-order valence-electron chi connectivity index (χ4n) is 2.48. The minimum Gasteiger partial charge on any atom is -0.493 e. The Morgan fingerprint density at radius 3 is 2.89 bits per heavy atom. The van der Waals surface area contributed by atoms with E-state index < -0.39 is 0 Å². The number of benzene rings is 1. The molecule has 96 valence electrons. The van der Waals surface area contributed by atoms with Crippen LogP contribution in [0.15, 0.2) is 18.2 Å². The summed E-state index contributed by atoms with van der Waals surface area (Å²) in [5, 5.41) is 3.02. The monoisotopic (exact) mass is 249 g/mol. The maximum atomic E-state index is 13.3. The lowest BCUT2D eigenvalue weighted by atomic mass is 9.84. The van der Waals surface area contributed by atoms with Crippen LogP contribution in [0.2, 0.25) is 0 Å². The molecule has 1 atom stereocenters. The predicted octanol–water partition coefficient (Wildman–Crippen LogP) is 2.57. The summed E-state index contributed by atoms with van der Waals surface area (Å²) < 4.78 is 18.7. The van der Waals surface area contributed by atoms with Crippen molar-refractivity contribution in [3.63, 3.8) is 0 Å². The Morgan fingerprint density at radius 2 is 2.17 bits per heavy atom. The minimum absolute atomic E-state index is 0.100. The summed E-state index contributed by atoms with van der Waals surface area (Å²) in [5.41, 5.74) is 0.758. The molecule has 0 saturated heterocycles. The summed E-state index contributed by atoms with van der Waals surface area (Å²) in [4.78, 5) is 11.9. The highest BCUT2D eigenvalue weighted by molar-refractivity contribution is 5.80. The van der Waals surface area contributed by atoms with Gasteiger partial charge in [0.15, 0.2) is 0 Å². The first-order valence-corrected chi connectivity index (χ1v) is 6.46. The second kappa shape index (κ2) is 4.59. The van der Waals surface area contributed by atoms with Crippen LogP contribution in [0.1, 0.15) is 37.3 Å². The van der Waals surface area contributed by atoms with Crippen molar-refractivity contribution in [3.8, 4) is 5.75 Å². The molecule has 1 amide bonds. The van der Waals surface area contributed by atoms with Crippen molar-refractivity contribution >= 4 is 5.91 Å². The van der Waals surface area contributed by atoms with Crippen LogP contribution < -0.4 is 10.1 Å². The highest BCUT2D eigenvalue weighted by Gasteiger charge is 2.29. The zero-order valence-corrected chi connectivity index (χ0v) is 10.1. The SMILES string of the molecule is O=C(NC1CCOc2ccc(F)cc21)C1CCC1. The van der Waals surface area contributed by atoms with E-state index in [-0.39, 0.29) is 23.7 Å². The van der Waals surface area contributed by atoms with Crippen LogP contribution in [-0.2, 0) is 4.79 Å². The molecule has 0 radical (unpaired) electrons. The van der Waals surface area contributed by atoms with Crippen molar-refractivity contribution in [2.45, 2.75) is 31.7 Å². The number of hydrogen-bond acceptors (Lipinski definition) is 2. The number of ether oxygens (including phenoxy) is 1. The van der Waals surface area contributed by atoms with Crippen molar-refractivity contribution < 1.29 is 13.9 Å². The molecule has 1 aliphatic carbocycles. The number of halogens is 1. The van der Waals surface area contributed by atoms with E-state index in [1.807, 2.05) is 0 Å². The van der Waals surface area contributed by atoms with Crippen molar-refractivity contribution in [1.29, 1.82) is 0 Å². The molecule has 1 fully saturated rings. The quantitative estimate of drug-likeness (QED) is 0.874. The number of nitrogens with one attached hydrogen (secondary N) is 1. The van der Waals surface area contributed by atoms with E-state index in [9.17, 15) is 9.18 Å². The molecular weight excluding hydrogens is 233 g/mol. The number of rotatable bonds is 2. The van der Waals surface area contributed by atoms with Crippen LogP contribution in [0.4, 0.5) is 4.39 Å². The Morgan fingerprint density at radius 1 is 1.33 bits per heavy atom. The maximum Gasteiger partial charge on any atom is 0.223 e. The Hall–Kier alpha value is -1.58. The fraction of sp³-hybridized carbons (Fsp3) is 0.500. The Kier molecular flexibility index (Phi) is 2.94. The van der Waals surface area contributed by atoms with E-state index in [1.165, 1.54) is 12.1 Å². The van der Waals surface area contributed by atoms with E-state index in [4.69, 9.17) is 4.74 Å². The van der Waals surface area contributed by atoms with Gasteiger partial charge in [0, 0.05) is 17.9 Å². The summed E-state index contributed by atoms with van der Waals surface area (Å²) in [6.07, 6.45) is 3.79. The van der Waals surface area contributed by atoms with Crippen LogP contribution in [0.3, 0.4) is 0 Å². The van der Waals surface area contributed by atoms with Crippen LogP contribution in [0, 0.1) is 11.7 Å². The molecule has 0 spiro atoms. The lowest BCUT2D eigenvalue weighted by Gasteiger charge is -2.30. The van der Waals surface area contributed by atoms with E-state index in [0.29, 0.717) is 18.8 Å². The number of carbonyl (C=O) groups is 1. The lowest BCUT2D eigenvalue weighted by Crippen LogP contribution is -2.38. The van der Waals surface area contributed by atoms with Crippen molar-refractivity contribution in [2.24, 2.45) is 5.92 Å². The van der Waals surface area contributed by atoms with Gasteiger partial charge in [0.25, 0.3) is 0 Å². The predicted molar refractivity (Wildman–Crippen MR) is 64.7 cm³/mol. The highest BCUT2D eigenvalue weighted by Crippen LogP contribution is 2.34. The maximum absolute atomic E-state index is 13.3. The molecule has 1 N–H and O–H groups in total. The molecule has 1 aliphatic heterocycles. The van der Waals surface area contributed by atoms with Crippen molar-refractivity contribution in [2.75, 3.05) is 6.61 Å². The summed E-state index contributed by atoms with van der Waals surface area (Å²) in [6.45, 7) is 0.564. The normalized spacial score (nSPS) is 22.6. The Bertz CT molecular complexity index is 471. The van der Waals surface area contributed by atoms with Gasteiger partial charge in [-0.1, -0.05) is 6.42 Å². The summed E-state index contributed by atoms with van der Waals surface area (Å²) in [7, 11) is 0. The Labute approximate surface area is 105 Å². The molecule has 0 aromatic heterocycles. The molecule has 4 heteroatoms. The number of carbonyl (C=O) groups excluding carboxylic acids is 1. The van der Waals surface area contributed by atoms with Crippen molar-refractivity contribution in [1.82, 2.24) is 5.32 Å². The first kappa shape index (κ1) is 11.5. The van der Waals surface area contributed by atoms with Gasteiger partial charge in [-0.2, -0.15) is 0 Å². The number of fused-ring (bicyclic) bond motifs is 1. The smallest absolute Gasteiger partial charge is 0.223 e. The molecule has 1 saturated carbocycles. The molecule has 1 heterocycles. The van der Waals surface area contributed by atoms with E-state index in [1.54, 1.807) is 6.07 Å². The van der Waals surface area contributed by atoms with Gasteiger partial charge >= 0.3 is 0 Å². The first-order chi connectivity index (χ1) is 8.74. The van der Waals surface area contributed by atoms with E-state index in [2.05, 4.69) is 5.32 Å². The van der Waals surface area contributed by atoms with E-state index in [0.717, 1.165) is 24.8 Å². The third-order valence-electron chi connectivity index (χ3n) is 3.80. The van der Waals surface area contributed by atoms with Crippen LogP contribution in [0.25, 0.3) is 0 Å². The van der Waals surface area contributed by atoms with Crippen LogP contribution in [0.5, 0.6) is 5.75 Å². The van der Waals surface area contributed by atoms with Crippen LogP contribution in [-0.4, -0.2) is 12.5 Å². The van der Waals surface area contributed by atoms with Gasteiger partial charge < -0.3 is 10.1 Å². The molecule has 1 aromatic rings. The average Bonchev–Trinajstić information content (AvgIpc) is 2.27. The van der Waals surface area contributed by atoms with Gasteiger partial charge in [-0.15, -0.1) is 0 Å². The van der Waals surface area contributed by atoms with Gasteiger partial charge in [-0.25, -0.2) is 4.39 Å². The highest BCUT2D eigenvalue weighted by atomic mass is 19.1. The fourth-order valence-corrected chi connectivity index (χ4v) is 2.48. The van der Waals surface area contributed by atoms with Crippen LogP contribution >= 0.6 is 0 Å². The van der Waals surface area contributed by atoms with E-state index >= 15 is 0 Å². The summed E-state index contributed by atoms with van der Waals surface area (Å²) in [5.74, 6) is 0.650. The largest absolute Gasteiger partial charge is 0.493 e. The van der Waals surface area contributed by atoms with Gasteiger partial charge in [0.05, 0.1) is 12.6 Å². The molecule has 18 heavy (non-hydrogen) atoms. The number of amides is 1. The second-order valence-electron chi connectivity index (χ2n) is 5.01. The van der Waals surface area contributed by atoms with Gasteiger partial charge in [-0.05, 0) is 31.0 Å². The third kappa shape index (κ3) is 2.07. The Balaban J connectivity index is 1.77. The number of hydrogen-bond donors (Lipinski definition) is 1. The molecule has 0 bridgehead atoms. The topological polar surface area (TPSA) is 38.3 Å². The third-order valence-corrected chi connectivity index (χ3v) is 3.80. The zero-order valence-electron chi connectivity index (χ0n) is 10.1. The zero-order chi connectivity index (χ0) is 12.5. The first-order valence-electron chi connectivity index (χ1n) is 6.46.